The van der Waals surface area contributed by atoms with Gasteiger partial charge in [0.1, 0.15) is 16.1 Å². The van der Waals surface area contributed by atoms with Gasteiger partial charge in [0, 0.05) is 5.22 Å². The molecule has 1 N–H and O–H groups in total. The van der Waals surface area contributed by atoms with Crippen molar-refractivity contribution in [3.8, 4) is 11.6 Å². The average molecular weight is 415 g/mol. The normalized spacial score (nSPS) is 13.4. The van der Waals surface area contributed by atoms with Crippen LogP contribution in [0.15, 0.2) is 88.8 Å². The molecule has 1 amide bonds. The third-order valence-electron chi connectivity index (χ3n) is 4.71. The number of amides is 1. The summed E-state index contributed by atoms with van der Waals surface area (Å²) >= 11 is 1.15. The van der Waals surface area contributed by atoms with Crippen LogP contribution in [-0.2, 0) is 4.79 Å². The Hall–Kier alpha value is -3.84. The number of nitrogens with zero attached hydrogens (tertiary/aromatic N) is 3. The summed E-state index contributed by atoms with van der Waals surface area (Å²) in [6.45, 7) is 0. The van der Waals surface area contributed by atoms with Gasteiger partial charge in [-0.15, -0.1) is 0 Å². The zero-order valence-corrected chi connectivity index (χ0v) is 16.3. The van der Waals surface area contributed by atoms with Gasteiger partial charge in [-0.05, 0) is 30.3 Å². The van der Waals surface area contributed by atoms with Gasteiger partial charge in [-0.3, -0.25) is 9.36 Å². The fraction of sp³-hybridized carbons (Fsp3) is 0. The number of aromatic nitrogens is 1. The van der Waals surface area contributed by atoms with Crippen LogP contribution in [0.5, 0.6) is 5.88 Å². The Bertz CT molecular complexity index is 1470. The van der Waals surface area contributed by atoms with Gasteiger partial charge in [-0.2, -0.15) is 0 Å². The molecule has 0 fully saturated rings. The molecule has 1 aliphatic heterocycles. The van der Waals surface area contributed by atoms with Crippen LogP contribution < -0.4 is 15.4 Å². The highest BCUT2D eigenvalue weighted by atomic mass is 32.1. The molecule has 5 rings (SSSR count). The molecule has 0 spiro atoms. The van der Waals surface area contributed by atoms with E-state index >= 15 is 0 Å². The van der Waals surface area contributed by atoms with Gasteiger partial charge in [0.05, 0.1) is 16.9 Å². The van der Waals surface area contributed by atoms with E-state index in [0.717, 1.165) is 11.3 Å². The van der Waals surface area contributed by atoms with Crippen LogP contribution in [0.4, 0.5) is 10.1 Å². The van der Waals surface area contributed by atoms with E-state index in [0.29, 0.717) is 26.3 Å². The van der Waals surface area contributed by atoms with Crippen LogP contribution in [0.25, 0.3) is 11.3 Å². The molecule has 0 bridgehead atoms. The zero-order valence-electron chi connectivity index (χ0n) is 15.5. The predicted molar refractivity (Wildman–Crippen MR) is 112 cm³/mol. The van der Waals surface area contributed by atoms with Gasteiger partial charge < -0.3 is 5.11 Å². The molecule has 4 aromatic rings. The van der Waals surface area contributed by atoms with E-state index < -0.39 is 11.7 Å². The molecule has 0 aliphatic carbocycles. The van der Waals surface area contributed by atoms with E-state index in [1.807, 2.05) is 60.7 Å². The molecule has 1 aliphatic rings. The second kappa shape index (κ2) is 7.20. The summed E-state index contributed by atoms with van der Waals surface area (Å²) in [4.78, 5) is 21.9. The second-order valence-corrected chi connectivity index (χ2v) is 7.56. The maximum Gasteiger partial charge on any atom is 0.279 e. The van der Waals surface area contributed by atoms with Crippen molar-refractivity contribution in [2.24, 2.45) is 9.98 Å². The van der Waals surface area contributed by atoms with E-state index in [1.165, 1.54) is 12.1 Å². The van der Waals surface area contributed by atoms with E-state index in [2.05, 4.69) is 9.98 Å². The Morgan fingerprint density at radius 2 is 1.63 bits per heavy atom. The summed E-state index contributed by atoms with van der Waals surface area (Å²) in [5.41, 5.74) is 1.56. The van der Waals surface area contributed by atoms with Gasteiger partial charge >= 0.3 is 0 Å². The Morgan fingerprint density at radius 1 is 0.933 bits per heavy atom. The minimum atomic E-state index is -0.585. The molecule has 1 aromatic heterocycles. The highest BCUT2D eigenvalue weighted by Crippen LogP contribution is 2.31. The highest BCUT2D eigenvalue weighted by Gasteiger charge is 2.27. The molecule has 7 heteroatoms. The van der Waals surface area contributed by atoms with Crippen molar-refractivity contribution in [3.63, 3.8) is 0 Å². The van der Waals surface area contributed by atoms with Gasteiger partial charge in [-0.25, -0.2) is 14.4 Å². The number of benzene rings is 3. The second-order valence-electron chi connectivity index (χ2n) is 6.58. The van der Waals surface area contributed by atoms with Crippen molar-refractivity contribution in [1.29, 1.82) is 0 Å². The zero-order chi connectivity index (χ0) is 20.7. The first kappa shape index (κ1) is 18.2. The van der Waals surface area contributed by atoms with E-state index in [4.69, 9.17) is 0 Å². The maximum absolute atomic E-state index is 14.1. The van der Waals surface area contributed by atoms with Crippen LogP contribution in [0.1, 0.15) is 4.88 Å². The van der Waals surface area contributed by atoms with E-state index in [1.54, 1.807) is 10.6 Å². The Balaban J connectivity index is 1.85. The summed E-state index contributed by atoms with van der Waals surface area (Å²) < 4.78 is 15.7. The number of carbonyl (C=O) groups is 1. The summed E-state index contributed by atoms with van der Waals surface area (Å²) in [6, 6.07) is 23.0. The number of fused-ring (bicyclic) bond motifs is 1. The summed E-state index contributed by atoms with van der Waals surface area (Å²) in [5, 5.41) is 11.5. The number of hydrogen-bond acceptors (Lipinski definition) is 4. The monoisotopic (exact) mass is 415 g/mol. The predicted octanol–water partition coefficient (Wildman–Crippen LogP) is 2.97. The lowest BCUT2D eigenvalue weighted by Crippen LogP contribution is -2.26. The highest BCUT2D eigenvalue weighted by molar-refractivity contribution is 7.11. The fourth-order valence-corrected chi connectivity index (χ4v) is 4.45. The number of rotatable bonds is 3. The summed E-state index contributed by atoms with van der Waals surface area (Å²) in [5.74, 6) is -1.30. The summed E-state index contributed by atoms with van der Waals surface area (Å²) in [7, 11) is 0. The molecule has 0 unspecified atom stereocenters. The quantitative estimate of drug-likeness (QED) is 0.559. The molecule has 146 valence electrons. The number of thiazole rings is 1. The number of carbonyl (C=O) groups excluding carboxylic acids is 1. The van der Waals surface area contributed by atoms with Crippen molar-refractivity contribution in [2.45, 2.75) is 0 Å². The third kappa shape index (κ3) is 2.96. The lowest BCUT2D eigenvalue weighted by molar-refractivity contribution is -0.112. The van der Waals surface area contributed by atoms with Crippen LogP contribution in [0.2, 0.25) is 0 Å². The lowest BCUT2D eigenvalue weighted by Gasteiger charge is -2.05. The van der Waals surface area contributed by atoms with Crippen molar-refractivity contribution in [1.82, 2.24) is 4.57 Å². The summed E-state index contributed by atoms with van der Waals surface area (Å²) in [6.07, 6.45) is 0. The molecule has 0 saturated carbocycles. The minimum Gasteiger partial charge on any atom is -0.493 e. The average Bonchev–Trinajstić information content (AvgIpc) is 3.26. The lowest BCUT2D eigenvalue weighted by atomic mass is 10.1. The number of hydrogen-bond donors (Lipinski definition) is 1. The van der Waals surface area contributed by atoms with Gasteiger partial charge in [0.25, 0.3) is 5.91 Å². The van der Waals surface area contributed by atoms with Crippen molar-refractivity contribution >= 4 is 28.5 Å². The maximum atomic E-state index is 14.1. The molecule has 2 heterocycles. The van der Waals surface area contributed by atoms with Crippen LogP contribution in [-0.4, -0.2) is 15.6 Å². The smallest absolute Gasteiger partial charge is 0.279 e. The van der Waals surface area contributed by atoms with Gasteiger partial charge in [0.2, 0.25) is 5.88 Å². The SMILES string of the molecule is O=C1N=c2c(F)cccc2=C1c1sc(=Nc2ccccc2)n(-c2ccccc2)c1O. The first-order valence-electron chi connectivity index (χ1n) is 9.16. The Labute approximate surface area is 174 Å². The fourth-order valence-electron chi connectivity index (χ4n) is 3.36. The van der Waals surface area contributed by atoms with E-state index in [-0.39, 0.29) is 16.8 Å². The minimum absolute atomic E-state index is 0.00175. The van der Waals surface area contributed by atoms with Crippen molar-refractivity contribution in [2.75, 3.05) is 0 Å². The Kier molecular flexibility index (Phi) is 4.37. The van der Waals surface area contributed by atoms with Gasteiger partial charge in [-0.1, -0.05) is 59.9 Å². The number of aromatic hydroxyl groups is 1. The topological polar surface area (TPSA) is 67.0 Å². The molecular weight excluding hydrogens is 401 g/mol. The first-order valence-corrected chi connectivity index (χ1v) is 9.97. The number of halogens is 1. The van der Waals surface area contributed by atoms with E-state index in [9.17, 15) is 14.3 Å². The third-order valence-corrected chi connectivity index (χ3v) is 5.75. The van der Waals surface area contributed by atoms with Crippen LogP contribution in [0, 0.1) is 5.82 Å². The molecule has 0 saturated heterocycles. The van der Waals surface area contributed by atoms with Crippen molar-refractivity contribution in [3.05, 3.63) is 105 Å². The molecule has 0 atom stereocenters. The number of para-hydroxylation sites is 3. The molecule has 5 nitrogen and oxygen atoms in total. The van der Waals surface area contributed by atoms with Crippen LogP contribution in [0.3, 0.4) is 0 Å². The standard InChI is InChI=1S/C23H14FN3O2S/c24-17-13-7-12-16-18(21(28)26-19(16)17)20-22(29)27(15-10-5-2-6-11-15)23(30-20)25-14-8-3-1-4-9-14/h1-13,29H. The molecule has 0 radical (unpaired) electrons. The van der Waals surface area contributed by atoms with Gasteiger partial charge in [0.15, 0.2) is 4.80 Å². The van der Waals surface area contributed by atoms with Crippen molar-refractivity contribution < 1.29 is 14.3 Å². The van der Waals surface area contributed by atoms with Crippen LogP contribution >= 0.6 is 11.3 Å². The largest absolute Gasteiger partial charge is 0.493 e. The first-order chi connectivity index (χ1) is 14.6. The molecular formula is C23H14FN3O2S. The Morgan fingerprint density at radius 3 is 2.37 bits per heavy atom. The molecule has 30 heavy (non-hydrogen) atoms. The molecule has 3 aromatic carbocycles.